The van der Waals surface area contributed by atoms with E-state index in [9.17, 15) is 24.9 Å². The molecule has 6 rings (SSSR count). The number of hydrogen-bond acceptors (Lipinski definition) is 9. The van der Waals surface area contributed by atoms with E-state index >= 15 is 0 Å². The van der Waals surface area contributed by atoms with Gasteiger partial charge < -0.3 is 21.1 Å². The summed E-state index contributed by atoms with van der Waals surface area (Å²) in [5.41, 5.74) is 9.85. The summed E-state index contributed by atoms with van der Waals surface area (Å²) in [5.74, 6) is -0.970. The van der Waals surface area contributed by atoms with Crippen LogP contribution in [0.3, 0.4) is 0 Å². The first kappa shape index (κ1) is 24.3. The van der Waals surface area contributed by atoms with Gasteiger partial charge in [-0.2, -0.15) is 5.10 Å². The van der Waals surface area contributed by atoms with Gasteiger partial charge in [0, 0.05) is 46.8 Å². The van der Waals surface area contributed by atoms with Crippen molar-refractivity contribution in [2.45, 2.75) is 50.8 Å². The molecule has 11 nitrogen and oxygen atoms in total. The van der Waals surface area contributed by atoms with Crippen LogP contribution in [0.5, 0.6) is 0 Å². The molecule has 2 unspecified atom stereocenters. The number of pyridine rings is 1. The Labute approximate surface area is 217 Å². The Kier molecular flexibility index (Phi) is 5.11. The SMILES string of the molecule is CC(=O)c1cccc2c1C1CC(c3nn4ccc(-c5cnc(C(C)(C)N)nc5)cc4c31)N(C(O)(O)O)C2=O. The lowest BCUT2D eigenvalue weighted by Crippen LogP contribution is -2.53. The summed E-state index contributed by atoms with van der Waals surface area (Å²) in [6, 6.07) is 7.57. The molecule has 5 N–H and O–H groups in total. The molecule has 11 heteroatoms. The van der Waals surface area contributed by atoms with Gasteiger partial charge in [0.1, 0.15) is 5.82 Å². The van der Waals surface area contributed by atoms with Crippen LogP contribution in [0.25, 0.3) is 16.6 Å². The second kappa shape index (κ2) is 7.98. The predicted molar refractivity (Wildman–Crippen MR) is 135 cm³/mol. The Hall–Kier alpha value is -4.03. The first-order chi connectivity index (χ1) is 17.9. The number of carbonyl (C=O) groups is 2. The monoisotopic (exact) mass is 514 g/mol. The Bertz CT molecular complexity index is 1630. The minimum absolute atomic E-state index is 0.126. The molecule has 1 aromatic carbocycles. The Balaban J connectivity index is 1.58. The first-order valence-corrected chi connectivity index (χ1v) is 12.1. The van der Waals surface area contributed by atoms with Gasteiger partial charge in [0.05, 0.1) is 22.8 Å². The van der Waals surface area contributed by atoms with Crippen molar-refractivity contribution in [3.63, 3.8) is 0 Å². The zero-order valence-corrected chi connectivity index (χ0v) is 21.0. The van der Waals surface area contributed by atoms with E-state index < -0.39 is 29.5 Å². The van der Waals surface area contributed by atoms with Gasteiger partial charge in [0.2, 0.25) is 0 Å². The van der Waals surface area contributed by atoms with E-state index in [0.29, 0.717) is 33.1 Å². The summed E-state index contributed by atoms with van der Waals surface area (Å²) in [5, 5.41) is 35.3. The predicted octanol–water partition coefficient (Wildman–Crippen LogP) is 1.81. The highest BCUT2D eigenvalue weighted by Crippen LogP contribution is 2.53. The molecular weight excluding hydrogens is 488 g/mol. The normalized spacial score (nSPS) is 18.9. The number of benzene rings is 1. The van der Waals surface area contributed by atoms with Crippen molar-refractivity contribution in [3.05, 3.63) is 82.7 Å². The number of aliphatic hydroxyl groups is 3. The van der Waals surface area contributed by atoms with Gasteiger partial charge in [0.25, 0.3) is 5.91 Å². The van der Waals surface area contributed by atoms with Crippen LogP contribution in [0.1, 0.15) is 82.5 Å². The average Bonchev–Trinajstić information content (AvgIpc) is 3.35. The third-order valence-corrected chi connectivity index (χ3v) is 7.30. The van der Waals surface area contributed by atoms with Crippen molar-refractivity contribution in [1.82, 2.24) is 24.5 Å². The number of amides is 1. The summed E-state index contributed by atoms with van der Waals surface area (Å²) in [7, 11) is 0. The third-order valence-electron chi connectivity index (χ3n) is 7.30. The van der Waals surface area contributed by atoms with Gasteiger partial charge in [-0.3, -0.25) is 14.5 Å². The number of ketones is 1. The van der Waals surface area contributed by atoms with Crippen LogP contribution in [0, 0.1) is 0 Å². The number of carbonyl (C=O) groups excluding carboxylic acids is 2. The Morgan fingerprint density at radius 3 is 2.42 bits per heavy atom. The lowest BCUT2D eigenvalue weighted by molar-refractivity contribution is -0.385. The van der Waals surface area contributed by atoms with E-state index in [4.69, 9.17) is 5.73 Å². The van der Waals surface area contributed by atoms with Gasteiger partial charge in [-0.1, -0.05) is 12.1 Å². The van der Waals surface area contributed by atoms with Crippen molar-refractivity contribution in [1.29, 1.82) is 0 Å². The number of fused-ring (bicyclic) bond motifs is 9. The fourth-order valence-corrected chi connectivity index (χ4v) is 5.67. The molecule has 2 bridgehead atoms. The van der Waals surface area contributed by atoms with Crippen molar-refractivity contribution in [2.24, 2.45) is 5.73 Å². The summed E-state index contributed by atoms with van der Waals surface area (Å²) < 4.78 is 1.64. The van der Waals surface area contributed by atoms with Gasteiger partial charge >= 0.3 is 6.10 Å². The zero-order chi connectivity index (χ0) is 27.1. The van der Waals surface area contributed by atoms with E-state index in [1.807, 2.05) is 26.0 Å². The van der Waals surface area contributed by atoms with E-state index in [0.717, 1.165) is 16.7 Å². The first-order valence-electron chi connectivity index (χ1n) is 12.1. The minimum Gasteiger partial charge on any atom is -0.325 e. The molecule has 194 valence electrons. The highest BCUT2D eigenvalue weighted by molar-refractivity contribution is 6.04. The number of rotatable bonds is 4. The van der Waals surface area contributed by atoms with E-state index in [2.05, 4.69) is 15.1 Å². The highest BCUT2D eigenvalue weighted by atomic mass is 16.7. The van der Waals surface area contributed by atoms with Crippen LogP contribution in [0.2, 0.25) is 0 Å². The molecular formula is C27H26N6O5. The molecule has 4 heterocycles. The second-order valence-electron chi connectivity index (χ2n) is 10.5. The highest BCUT2D eigenvalue weighted by Gasteiger charge is 2.52. The molecule has 0 spiro atoms. The maximum absolute atomic E-state index is 13.5. The molecule has 1 amide bonds. The quantitative estimate of drug-likeness (QED) is 0.234. The van der Waals surface area contributed by atoms with Crippen molar-refractivity contribution >= 4 is 17.2 Å². The van der Waals surface area contributed by atoms with E-state index in [1.54, 1.807) is 35.2 Å². The van der Waals surface area contributed by atoms with E-state index in [1.165, 1.54) is 13.0 Å². The maximum atomic E-state index is 13.5. The second-order valence-corrected chi connectivity index (χ2v) is 10.5. The van der Waals surface area contributed by atoms with Gasteiger partial charge in [0.15, 0.2) is 5.78 Å². The van der Waals surface area contributed by atoms with Crippen LogP contribution in [-0.4, -0.2) is 57.6 Å². The minimum atomic E-state index is -3.43. The topological polar surface area (TPSA) is 167 Å². The molecule has 0 saturated heterocycles. The molecule has 1 aliphatic carbocycles. The van der Waals surface area contributed by atoms with Crippen LogP contribution >= 0.6 is 0 Å². The molecule has 0 saturated carbocycles. The van der Waals surface area contributed by atoms with Gasteiger partial charge in [-0.05, 0) is 56.5 Å². The summed E-state index contributed by atoms with van der Waals surface area (Å²) >= 11 is 0. The summed E-state index contributed by atoms with van der Waals surface area (Å²) in [6.45, 7) is 5.07. The van der Waals surface area contributed by atoms with Crippen molar-refractivity contribution < 1.29 is 24.9 Å². The molecule has 38 heavy (non-hydrogen) atoms. The number of aromatic nitrogens is 4. The molecule has 0 radical (unpaired) electrons. The largest absolute Gasteiger partial charge is 0.372 e. The molecule has 2 aliphatic rings. The van der Waals surface area contributed by atoms with Crippen LogP contribution in [-0.2, 0) is 5.54 Å². The lowest BCUT2D eigenvalue weighted by atomic mass is 9.85. The summed E-state index contributed by atoms with van der Waals surface area (Å²) in [6.07, 6.45) is 1.94. The number of Topliss-reactive ketones (excluding diaryl/α,β-unsaturated/α-hetero) is 1. The van der Waals surface area contributed by atoms with Gasteiger partial charge in [-0.25, -0.2) is 14.5 Å². The van der Waals surface area contributed by atoms with Gasteiger partial charge in [-0.15, -0.1) is 0 Å². The average molecular weight is 515 g/mol. The third kappa shape index (κ3) is 3.55. The Morgan fingerprint density at radius 1 is 1.08 bits per heavy atom. The molecule has 3 aromatic heterocycles. The zero-order valence-electron chi connectivity index (χ0n) is 21.0. The number of hydrogen-bond donors (Lipinski definition) is 4. The van der Waals surface area contributed by atoms with E-state index in [-0.39, 0.29) is 17.8 Å². The fourth-order valence-electron chi connectivity index (χ4n) is 5.67. The molecule has 2 atom stereocenters. The smallest absolute Gasteiger partial charge is 0.325 e. The van der Waals surface area contributed by atoms with Crippen molar-refractivity contribution in [2.75, 3.05) is 0 Å². The molecule has 0 fully saturated rings. The fraction of sp³-hybridized carbons (Fsp3) is 0.296. The number of nitrogens with zero attached hydrogens (tertiary/aromatic N) is 5. The summed E-state index contributed by atoms with van der Waals surface area (Å²) in [4.78, 5) is 35.6. The standard InChI is InChI=1S/C27H26N6O5/c1-13(34)16-5-4-6-17-21(16)18-10-20(33(24(17)35)27(36,37)38)23-22(18)19-9-14(7-8-32(19)31-23)15-11-29-25(30-12-15)26(2,3)28/h4-9,11-12,18,20,36-38H,10,28H2,1-3H3. The lowest BCUT2D eigenvalue weighted by Gasteiger charge is -2.34. The Morgan fingerprint density at radius 2 is 1.79 bits per heavy atom. The maximum Gasteiger partial charge on any atom is 0.372 e. The number of nitrogens with two attached hydrogens (primary N) is 1. The van der Waals surface area contributed by atoms with Crippen LogP contribution in [0.15, 0.2) is 48.9 Å². The molecule has 1 aliphatic heterocycles. The molecule has 4 aromatic rings. The van der Waals surface area contributed by atoms with Crippen molar-refractivity contribution in [3.8, 4) is 11.1 Å². The van der Waals surface area contributed by atoms with Crippen LogP contribution < -0.4 is 5.73 Å². The van der Waals surface area contributed by atoms with Crippen LogP contribution in [0.4, 0.5) is 0 Å².